The summed E-state index contributed by atoms with van der Waals surface area (Å²) in [5.41, 5.74) is 0.242. The van der Waals surface area contributed by atoms with Crippen LogP contribution in [-0.2, 0) is 9.59 Å². The monoisotopic (exact) mass is 239 g/mol. The fourth-order valence-electron chi connectivity index (χ4n) is 1.16. The molecule has 0 aromatic heterocycles. The van der Waals surface area contributed by atoms with Crippen molar-refractivity contribution in [3.8, 4) is 0 Å². The molecule has 0 fully saturated rings. The largest absolute Gasteiger partial charge is 0.542 e. The normalized spacial score (nSPS) is 11.9. The van der Waals surface area contributed by atoms with Crippen LogP contribution in [0.3, 0.4) is 0 Å². The summed E-state index contributed by atoms with van der Waals surface area (Å²) in [6.45, 7) is 1.23. The third kappa shape index (κ3) is 2.67. The molecule has 0 radical (unpaired) electrons. The summed E-state index contributed by atoms with van der Waals surface area (Å²) in [6.07, 6.45) is 0. The van der Waals surface area contributed by atoms with Gasteiger partial charge in [-0.25, -0.2) is 0 Å². The van der Waals surface area contributed by atoms with E-state index in [1.54, 1.807) is 0 Å². The predicted octanol–water partition coefficient (Wildman–Crippen LogP) is 0.478. The lowest BCUT2D eigenvalue weighted by Gasteiger charge is -2.09. The number of Topliss-reactive ketones (excluding diaryl/α,β-unsaturated/α-hetero) is 2. The van der Waals surface area contributed by atoms with Crippen LogP contribution in [0.15, 0.2) is 24.3 Å². The lowest BCUT2D eigenvalue weighted by Crippen LogP contribution is -2.38. The molecule has 0 N–H and O–H groups in total. The van der Waals surface area contributed by atoms with Crippen LogP contribution in [-0.4, -0.2) is 17.5 Å². The van der Waals surface area contributed by atoms with Crippen LogP contribution in [0.25, 0.3) is 0 Å². The van der Waals surface area contributed by atoms with Crippen LogP contribution < -0.4 is 5.11 Å². The molecule has 4 nitrogen and oxygen atoms in total. The first-order valence-electron chi connectivity index (χ1n) is 4.48. The van der Waals surface area contributed by atoms with E-state index in [-0.39, 0.29) is 5.56 Å². The van der Waals surface area contributed by atoms with Gasteiger partial charge in [0.1, 0.15) is 5.97 Å². The van der Waals surface area contributed by atoms with E-state index in [0.29, 0.717) is 5.02 Å². The summed E-state index contributed by atoms with van der Waals surface area (Å²) in [7, 11) is 0. The van der Waals surface area contributed by atoms with Crippen molar-refractivity contribution in [2.75, 3.05) is 0 Å². The quantitative estimate of drug-likeness (QED) is 0.435. The Kier molecular flexibility index (Phi) is 3.79. The Labute approximate surface area is 96.8 Å². The van der Waals surface area contributed by atoms with E-state index < -0.39 is 23.5 Å². The van der Waals surface area contributed by atoms with Gasteiger partial charge in [0.05, 0.1) is 5.92 Å². The zero-order chi connectivity index (χ0) is 12.3. The summed E-state index contributed by atoms with van der Waals surface area (Å²) >= 11 is 5.63. The molecule has 1 aromatic rings. The van der Waals surface area contributed by atoms with Gasteiger partial charge in [-0.2, -0.15) is 0 Å². The average Bonchev–Trinajstić information content (AvgIpc) is 2.27. The van der Waals surface area contributed by atoms with Crippen LogP contribution in [0.1, 0.15) is 17.3 Å². The number of carboxylic acid groups (broad SMARTS) is 1. The minimum Gasteiger partial charge on any atom is -0.542 e. The van der Waals surface area contributed by atoms with Crippen molar-refractivity contribution in [3.05, 3.63) is 34.9 Å². The number of aliphatic carboxylic acids is 1. The van der Waals surface area contributed by atoms with Crippen LogP contribution >= 0.6 is 11.6 Å². The molecule has 1 unspecified atom stereocenters. The van der Waals surface area contributed by atoms with Gasteiger partial charge in [0.2, 0.25) is 0 Å². The van der Waals surface area contributed by atoms with Crippen molar-refractivity contribution >= 4 is 29.1 Å². The van der Waals surface area contributed by atoms with E-state index >= 15 is 0 Å². The summed E-state index contributed by atoms with van der Waals surface area (Å²) in [5, 5.41) is 10.8. The molecule has 0 bridgehead atoms. The lowest BCUT2D eigenvalue weighted by molar-refractivity contribution is -0.300. The van der Waals surface area contributed by atoms with Crippen LogP contribution in [0.2, 0.25) is 5.02 Å². The zero-order valence-electron chi connectivity index (χ0n) is 8.40. The number of benzene rings is 1. The second-order valence-electron chi connectivity index (χ2n) is 3.24. The third-order valence-corrected chi connectivity index (χ3v) is 2.37. The number of ketones is 2. The highest BCUT2D eigenvalue weighted by atomic mass is 35.5. The van der Waals surface area contributed by atoms with Crippen molar-refractivity contribution in [1.29, 1.82) is 0 Å². The van der Waals surface area contributed by atoms with Crippen molar-refractivity contribution in [2.45, 2.75) is 6.92 Å². The standard InChI is InChI=1S/C11H9ClO4/c1-6(10(14)11(15)16)9(13)7-2-4-8(12)5-3-7/h2-6H,1H3,(H,15,16)/p-1. The molecule has 0 spiro atoms. The van der Waals surface area contributed by atoms with Crippen LogP contribution in [0.5, 0.6) is 0 Å². The number of carbonyl (C=O) groups is 3. The SMILES string of the molecule is CC(C(=O)C(=O)[O-])C(=O)c1ccc(Cl)cc1. The lowest BCUT2D eigenvalue weighted by atomic mass is 9.95. The van der Waals surface area contributed by atoms with Gasteiger partial charge in [0, 0.05) is 10.6 Å². The Hall–Kier alpha value is -1.68. The van der Waals surface area contributed by atoms with E-state index in [1.807, 2.05) is 0 Å². The first-order valence-corrected chi connectivity index (χ1v) is 4.86. The summed E-state index contributed by atoms with van der Waals surface area (Å²) in [6, 6.07) is 5.85. The number of carboxylic acids is 1. The second kappa shape index (κ2) is 4.90. The Morgan fingerprint density at radius 2 is 1.69 bits per heavy atom. The summed E-state index contributed by atoms with van der Waals surface area (Å²) < 4.78 is 0. The van der Waals surface area contributed by atoms with Gasteiger partial charge < -0.3 is 9.90 Å². The van der Waals surface area contributed by atoms with Crippen molar-refractivity contribution in [3.63, 3.8) is 0 Å². The molecule has 1 aromatic carbocycles. The fourth-order valence-corrected chi connectivity index (χ4v) is 1.29. The van der Waals surface area contributed by atoms with Crippen molar-refractivity contribution < 1.29 is 19.5 Å². The van der Waals surface area contributed by atoms with Crippen molar-refractivity contribution in [1.82, 2.24) is 0 Å². The first-order chi connectivity index (χ1) is 7.43. The fraction of sp³-hybridized carbons (Fsp3) is 0.182. The van der Waals surface area contributed by atoms with E-state index in [0.717, 1.165) is 0 Å². The molecule has 0 amide bonds. The molecule has 0 aliphatic heterocycles. The summed E-state index contributed by atoms with van der Waals surface area (Å²) in [5.74, 6) is -4.88. The minimum atomic E-state index is -1.85. The molecule has 0 saturated carbocycles. The molecular formula is C11H8ClO4-. The molecule has 16 heavy (non-hydrogen) atoms. The molecule has 1 atom stereocenters. The number of rotatable bonds is 4. The summed E-state index contributed by atoms with van der Waals surface area (Å²) in [4.78, 5) is 33.0. The first kappa shape index (κ1) is 12.4. The number of hydrogen-bond acceptors (Lipinski definition) is 4. The maximum atomic E-state index is 11.6. The number of halogens is 1. The molecule has 0 heterocycles. The number of hydrogen-bond donors (Lipinski definition) is 0. The van der Waals surface area contributed by atoms with Gasteiger partial charge in [-0.3, -0.25) is 9.59 Å². The molecule has 0 aliphatic carbocycles. The maximum absolute atomic E-state index is 11.6. The van der Waals surface area contributed by atoms with Gasteiger partial charge >= 0.3 is 0 Å². The molecule has 84 valence electrons. The Morgan fingerprint density at radius 3 is 2.12 bits per heavy atom. The zero-order valence-corrected chi connectivity index (χ0v) is 9.15. The minimum absolute atomic E-state index is 0.242. The second-order valence-corrected chi connectivity index (χ2v) is 3.68. The van der Waals surface area contributed by atoms with Gasteiger partial charge in [0.25, 0.3) is 0 Å². The van der Waals surface area contributed by atoms with E-state index in [4.69, 9.17) is 11.6 Å². The maximum Gasteiger partial charge on any atom is 0.188 e. The number of carbonyl (C=O) groups excluding carboxylic acids is 3. The highest BCUT2D eigenvalue weighted by Gasteiger charge is 2.23. The topological polar surface area (TPSA) is 74.3 Å². The Morgan fingerprint density at radius 1 is 1.19 bits per heavy atom. The highest BCUT2D eigenvalue weighted by molar-refractivity contribution is 6.37. The predicted molar refractivity (Wildman–Crippen MR) is 55.0 cm³/mol. The highest BCUT2D eigenvalue weighted by Crippen LogP contribution is 2.13. The van der Waals surface area contributed by atoms with Crippen LogP contribution in [0, 0.1) is 5.92 Å². The Bertz CT molecular complexity index is 436. The van der Waals surface area contributed by atoms with Crippen LogP contribution in [0.4, 0.5) is 0 Å². The molecule has 5 heteroatoms. The van der Waals surface area contributed by atoms with Gasteiger partial charge in [0.15, 0.2) is 11.6 Å². The Balaban J connectivity index is 2.90. The average molecular weight is 240 g/mol. The smallest absolute Gasteiger partial charge is 0.188 e. The molecular weight excluding hydrogens is 232 g/mol. The van der Waals surface area contributed by atoms with Gasteiger partial charge in [-0.1, -0.05) is 11.6 Å². The van der Waals surface area contributed by atoms with Gasteiger partial charge in [-0.15, -0.1) is 0 Å². The van der Waals surface area contributed by atoms with E-state index in [1.165, 1.54) is 31.2 Å². The van der Waals surface area contributed by atoms with Gasteiger partial charge in [-0.05, 0) is 31.2 Å². The third-order valence-electron chi connectivity index (χ3n) is 2.12. The molecule has 0 aliphatic rings. The van der Waals surface area contributed by atoms with E-state index in [2.05, 4.69) is 0 Å². The molecule has 1 rings (SSSR count). The van der Waals surface area contributed by atoms with Crippen molar-refractivity contribution in [2.24, 2.45) is 5.92 Å². The van der Waals surface area contributed by atoms with E-state index in [9.17, 15) is 19.5 Å². The molecule has 0 saturated heterocycles.